The third-order valence-corrected chi connectivity index (χ3v) is 3.47. The number of nitrogens with one attached hydrogen (secondary N) is 1. The Morgan fingerprint density at radius 3 is 2.89 bits per heavy atom. The van der Waals surface area contributed by atoms with Gasteiger partial charge in [-0.25, -0.2) is 0 Å². The van der Waals surface area contributed by atoms with Crippen LogP contribution in [0.5, 0.6) is 0 Å². The third kappa shape index (κ3) is 2.57. The summed E-state index contributed by atoms with van der Waals surface area (Å²) in [5.74, 6) is 0.0838. The molecule has 1 aromatic carbocycles. The predicted molar refractivity (Wildman–Crippen MR) is 74.4 cm³/mol. The third-order valence-electron chi connectivity index (χ3n) is 3.47. The molecule has 1 saturated heterocycles. The average Bonchev–Trinajstić information content (AvgIpc) is 2.70. The second-order valence-corrected chi connectivity index (χ2v) is 4.62. The Hall–Kier alpha value is -1.59. The van der Waals surface area contributed by atoms with Gasteiger partial charge in [0.25, 0.3) is 0 Å². The van der Waals surface area contributed by atoms with E-state index in [0.717, 1.165) is 29.8 Å². The molecule has 5 nitrogen and oxygen atoms in total. The Balaban J connectivity index is 0.00000133. The van der Waals surface area contributed by atoms with E-state index in [1.807, 2.05) is 31.3 Å². The van der Waals surface area contributed by atoms with Gasteiger partial charge >= 0.3 is 0 Å². The van der Waals surface area contributed by atoms with Crippen molar-refractivity contribution < 1.29 is 9.32 Å². The molecule has 3 rings (SSSR count). The molecule has 1 amide bonds. The van der Waals surface area contributed by atoms with Crippen molar-refractivity contribution in [1.82, 2.24) is 15.4 Å². The molecule has 2 heterocycles. The molecule has 1 aliphatic heterocycles. The zero-order valence-electron chi connectivity index (χ0n) is 10.6. The van der Waals surface area contributed by atoms with Crippen molar-refractivity contribution in [1.29, 1.82) is 0 Å². The molecule has 1 aliphatic rings. The van der Waals surface area contributed by atoms with E-state index in [0.29, 0.717) is 12.5 Å². The summed E-state index contributed by atoms with van der Waals surface area (Å²) in [6.07, 6.45) is 0.296. The minimum atomic E-state index is 0. The lowest BCUT2D eigenvalue weighted by Crippen LogP contribution is -2.57. The highest BCUT2D eigenvalue weighted by Crippen LogP contribution is 2.19. The molecule has 0 saturated carbocycles. The summed E-state index contributed by atoms with van der Waals surface area (Å²) < 4.78 is 5.20. The molecule has 0 spiro atoms. The van der Waals surface area contributed by atoms with Crippen molar-refractivity contribution in [3.8, 4) is 0 Å². The monoisotopic (exact) mass is 281 g/mol. The van der Waals surface area contributed by atoms with Gasteiger partial charge in [-0.1, -0.05) is 17.3 Å². The van der Waals surface area contributed by atoms with Crippen molar-refractivity contribution in [2.45, 2.75) is 12.5 Å². The fraction of sp³-hybridized carbons (Fsp3) is 0.385. The van der Waals surface area contributed by atoms with Gasteiger partial charge in [0.15, 0.2) is 5.58 Å². The van der Waals surface area contributed by atoms with Crippen LogP contribution >= 0.6 is 12.4 Å². The first-order valence-electron chi connectivity index (χ1n) is 6.05. The fourth-order valence-electron chi connectivity index (χ4n) is 2.08. The van der Waals surface area contributed by atoms with Crippen molar-refractivity contribution >= 4 is 29.3 Å². The molecule has 1 N–H and O–H groups in total. The Labute approximate surface area is 117 Å². The number of carbonyl (C=O) groups is 1. The number of nitrogens with zero attached hydrogens (tertiary/aromatic N) is 2. The molecule has 1 aromatic heterocycles. The second kappa shape index (κ2) is 5.59. The van der Waals surface area contributed by atoms with Gasteiger partial charge in [-0.3, -0.25) is 4.79 Å². The summed E-state index contributed by atoms with van der Waals surface area (Å²) in [5.41, 5.74) is 1.45. The molecular formula is C13H16ClN3O2. The highest BCUT2D eigenvalue weighted by Gasteiger charge is 2.26. The van der Waals surface area contributed by atoms with Gasteiger partial charge in [0.1, 0.15) is 5.69 Å². The minimum Gasteiger partial charge on any atom is -0.356 e. The van der Waals surface area contributed by atoms with Crippen molar-refractivity contribution in [3.63, 3.8) is 0 Å². The number of fused-ring (bicyclic) bond motifs is 1. The number of aromatic nitrogens is 1. The first-order valence-corrected chi connectivity index (χ1v) is 6.05. The Morgan fingerprint density at radius 2 is 2.21 bits per heavy atom. The molecule has 0 radical (unpaired) electrons. The number of rotatable bonds is 3. The maximum absolute atomic E-state index is 12.1. The van der Waals surface area contributed by atoms with E-state index in [1.165, 1.54) is 0 Å². The second-order valence-electron chi connectivity index (χ2n) is 4.62. The van der Waals surface area contributed by atoms with Gasteiger partial charge < -0.3 is 14.7 Å². The normalized spacial score (nSPS) is 14.8. The topological polar surface area (TPSA) is 58.4 Å². The Bertz CT molecular complexity index is 580. The smallest absolute Gasteiger partial charge is 0.228 e. The SMILES string of the molecule is CN(C(=O)Cc1noc2ccccc12)C1CNC1.Cl. The number of carbonyl (C=O) groups excluding carboxylic acids is 1. The largest absolute Gasteiger partial charge is 0.356 e. The number of hydrogen-bond donors (Lipinski definition) is 1. The summed E-state index contributed by atoms with van der Waals surface area (Å²) >= 11 is 0. The minimum absolute atomic E-state index is 0. The van der Waals surface area contributed by atoms with Crippen molar-refractivity contribution in [2.75, 3.05) is 20.1 Å². The summed E-state index contributed by atoms with van der Waals surface area (Å²) in [6, 6.07) is 7.92. The fourth-order valence-corrected chi connectivity index (χ4v) is 2.08. The van der Waals surface area contributed by atoms with Crippen LogP contribution < -0.4 is 5.32 Å². The van der Waals surface area contributed by atoms with Crippen LogP contribution in [0, 0.1) is 0 Å². The van der Waals surface area contributed by atoms with Crippen LogP contribution in [0.15, 0.2) is 28.8 Å². The van der Waals surface area contributed by atoms with E-state index in [9.17, 15) is 4.79 Å². The molecule has 0 aliphatic carbocycles. The number of benzene rings is 1. The van der Waals surface area contributed by atoms with Crippen LogP contribution in [-0.2, 0) is 11.2 Å². The zero-order valence-corrected chi connectivity index (χ0v) is 11.4. The number of para-hydroxylation sites is 1. The maximum atomic E-state index is 12.1. The summed E-state index contributed by atoms with van der Waals surface area (Å²) in [4.78, 5) is 13.9. The molecule has 0 atom stereocenters. The molecule has 0 unspecified atom stereocenters. The molecule has 6 heteroatoms. The zero-order chi connectivity index (χ0) is 12.5. The summed E-state index contributed by atoms with van der Waals surface area (Å²) in [7, 11) is 1.84. The summed E-state index contributed by atoms with van der Waals surface area (Å²) in [5, 5.41) is 8.06. The summed E-state index contributed by atoms with van der Waals surface area (Å²) in [6.45, 7) is 1.75. The Morgan fingerprint density at radius 1 is 1.47 bits per heavy atom. The first-order chi connectivity index (χ1) is 8.75. The standard InChI is InChI=1S/C13H15N3O2.ClH/c1-16(9-7-14-8-9)13(17)6-11-10-4-2-3-5-12(10)18-15-11;/h2-5,9,14H,6-8H2,1H3;1H. The number of likely N-dealkylation sites (N-methyl/N-ethyl adjacent to an activating group) is 1. The molecule has 102 valence electrons. The van der Waals surface area contributed by atoms with E-state index < -0.39 is 0 Å². The van der Waals surface area contributed by atoms with Gasteiger partial charge in [0.05, 0.1) is 12.5 Å². The van der Waals surface area contributed by atoms with E-state index in [4.69, 9.17) is 4.52 Å². The molecule has 0 bridgehead atoms. The van der Waals surface area contributed by atoms with E-state index in [-0.39, 0.29) is 18.3 Å². The average molecular weight is 282 g/mol. The van der Waals surface area contributed by atoms with E-state index >= 15 is 0 Å². The lowest BCUT2D eigenvalue weighted by molar-refractivity contribution is -0.132. The molecule has 19 heavy (non-hydrogen) atoms. The predicted octanol–water partition coefficient (Wildman–Crippen LogP) is 1.22. The highest BCUT2D eigenvalue weighted by atomic mass is 35.5. The van der Waals surface area contributed by atoms with Gasteiger partial charge in [-0.05, 0) is 12.1 Å². The van der Waals surface area contributed by atoms with Crippen LogP contribution in [0.2, 0.25) is 0 Å². The van der Waals surface area contributed by atoms with Gasteiger partial charge in [-0.15, -0.1) is 12.4 Å². The number of halogens is 1. The van der Waals surface area contributed by atoms with E-state index in [1.54, 1.807) is 4.90 Å². The number of amides is 1. The lowest BCUT2D eigenvalue weighted by atomic mass is 10.1. The first kappa shape index (κ1) is 13.8. The van der Waals surface area contributed by atoms with Crippen LogP contribution in [0.1, 0.15) is 5.69 Å². The van der Waals surface area contributed by atoms with Gasteiger partial charge in [0, 0.05) is 25.5 Å². The van der Waals surface area contributed by atoms with Crippen LogP contribution in [0.25, 0.3) is 11.0 Å². The molecule has 2 aromatic rings. The molecular weight excluding hydrogens is 266 g/mol. The Kier molecular flexibility index (Phi) is 4.07. The quantitative estimate of drug-likeness (QED) is 0.919. The van der Waals surface area contributed by atoms with Gasteiger partial charge in [-0.2, -0.15) is 0 Å². The molecule has 1 fully saturated rings. The van der Waals surface area contributed by atoms with Crippen LogP contribution in [-0.4, -0.2) is 42.1 Å². The van der Waals surface area contributed by atoms with Crippen molar-refractivity contribution in [2.24, 2.45) is 0 Å². The van der Waals surface area contributed by atoms with Crippen molar-refractivity contribution in [3.05, 3.63) is 30.0 Å². The maximum Gasteiger partial charge on any atom is 0.228 e. The lowest BCUT2D eigenvalue weighted by Gasteiger charge is -2.35. The van der Waals surface area contributed by atoms with Crippen LogP contribution in [0.3, 0.4) is 0 Å². The van der Waals surface area contributed by atoms with Gasteiger partial charge in [0.2, 0.25) is 5.91 Å². The number of hydrogen-bond acceptors (Lipinski definition) is 4. The highest BCUT2D eigenvalue weighted by molar-refractivity contribution is 5.86. The van der Waals surface area contributed by atoms with Crippen LogP contribution in [0.4, 0.5) is 0 Å². The van der Waals surface area contributed by atoms with E-state index in [2.05, 4.69) is 10.5 Å².